The van der Waals surface area contributed by atoms with Gasteiger partial charge >= 0.3 is 0 Å². The van der Waals surface area contributed by atoms with Gasteiger partial charge in [0.15, 0.2) is 0 Å². The first kappa shape index (κ1) is 14.3. The molecule has 0 radical (unpaired) electrons. The fraction of sp³-hybridized carbons (Fsp3) is 0.357. The number of hydrogen-bond acceptors (Lipinski definition) is 3. The quantitative estimate of drug-likeness (QED) is 0.458. The minimum atomic E-state index is -2.52. The summed E-state index contributed by atoms with van der Waals surface area (Å²) in [7, 11) is -0.598. The van der Waals surface area contributed by atoms with E-state index in [1.807, 2.05) is 43.1 Å². The van der Waals surface area contributed by atoms with Crippen LogP contribution < -0.4 is 0 Å². The molecular weight excluding hydrogens is 287 g/mol. The van der Waals surface area contributed by atoms with E-state index in [1.165, 1.54) is 4.31 Å². The summed E-state index contributed by atoms with van der Waals surface area (Å²) in [6.07, 6.45) is 0. The highest BCUT2D eigenvalue weighted by Gasteiger charge is 2.34. The first-order chi connectivity index (χ1) is 10.1. The molecular formula is C14H17BN2O3S. The lowest BCUT2D eigenvalue weighted by Crippen LogP contribution is -2.36. The minimum absolute atomic E-state index is 0.105. The van der Waals surface area contributed by atoms with Crippen LogP contribution in [-0.2, 0) is 15.7 Å². The van der Waals surface area contributed by atoms with E-state index in [9.17, 15) is 13.2 Å². The topological polar surface area (TPSA) is 57.7 Å². The molecule has 0 aromatic heterocycles. The van der Waals surface area contributed by atoms with Crippen LogP contribution in [0.25, 0.3) is 0 Å². The van der Waals surface area contributed by atoms with Crippen LogP contribution in [0.2, 0.25) is 0 Å². The summed E-state index contributed by atoms with van der Waals surface area (Å²) in [5, 5.41) is 0. The second kappa shape index (κ2) is 5.65. The van der Waals surface area contributed by atoms with Gasteiger partial charge in [-0.15, -0.1) is 0 Å². The fourth-order valence-electron chi connectivity index (χ4n) is 2.99. The third kappa shape index (κ3) is 2.75. The van der Waals surface area contributed by atoms with E-state index in [1.54, 1.807) is 0 Å². The molecule has 2 heterocycles. The third-order valence-corrected chi connectivity index (χ3v) is 4.97. The Labute approximate surface area is 126 Å². The van der Waals surface area contributed by atoms with Gasteiger partial charge < -0.3 is 4.90 Å². The second-order valence-corrected chi connectivity index (χ2v) is 6.64. The average Bonchev–Trinajstić information content (AvgIpc) is 3.05. The third-order valence-electron chi connectivity index (χ3n) is 4.22. The van der Waals surface area contributed by atoms with Crippen LogP contribution >= 0.6 is 0 Å². The van der Waals surface area contributed by atoms with Crippen molar-refractivity contribution in [1.29, 1.82) is 0 Å². The van der Waals surface area contributed by atoms with Crippen LogP contribution in [0.1, 0.15) is 11.4 Å². The normalized spacial score (nSPS) is 20.1. The maximum atomic E-state index is 12.6. The van der Waals surface area contributed by atoms with Crippen molar-refractivity contribution in [2.24, 2.45) is 0 Å². The second-order valence-electron chi connectivity index (χ2n) is 5.59. The average molecular weight is 304 g/mol. The van der Waals surface area contributed by atoms with Crippen molar-refractivity contribution in [2.75, 3.05) is 26.2 Å². The molecule has 1 aromatic rings. The van der Waals surface area contributed by atoms with Crippen LogP contribution in [0.5, 0.6) is 0 Å². The van der Waals surface area contributed by atoms with E-state index in [4.69, 9.17) is 0 Å². The minimum Gasteiger partial charge on any atom is -0.335 e. The van der Waals surface area contributed by atoms with Gasteiger partial charge in [-0.05, 0) is 16.7 Å². The molecule has 0 saturated carbocycles. The fourth-order valence-corrected chi connectivity index (χ4v) is 3.56. The molecule has 0 aliphatic carbocycles. The molecule has 1 aromatic carbocycles. The molecule has 0 fully saturated rings. The van der Waals surface area contributed by atoms with Crippen LogP contribution in [0.4, 0.5) is 0 Å². The summed E-state index contributed by atoms with van der Waals surface area (Å²) in [5.74, 6) is -0.0628. The Kier molecular flexibility index (Phi) is 3.86. The van der Waals surface area contributed by atoms with Crippen molar-refractivity contribution >= 4 is 24.6 Å². The lowest BCUT2D eigenvalue weighted by molar-refractivity contribution is -0.129. The summed E-state index contributed by atoms with van der Waals surface area (Å²) in [5.41, 5.74) is 3.18. The van der Waals surface area contributed by atoms with Gasteiger partial charge in [0.1, 0.15) is 7.85 Å². The predicted octanol–water partition coefficient (Wildman–Crippen LogP) is -0.658. The highest BCUT2D eigenvalue weighted by atomic mass is 32.2. The SMILES string of the molecule is BC(C(=O)N1CC2=C(C1)CN([SH](=O)=O)C2)c1ccccc1. The lowest BCUT2D eigenvalue weighted by Gasteiger charge is -2.23. The predicted molar refractivity (Wildman–Crippen MR) is 83.2 cm³/mol. The van der Waals surface area contributed by atoms with Gasteiger partial charge in [0, 0.05) is 32.0 Å². The molecule has 0 saturated heterocycles. The number of thiol groups is 1. The maximum Gasteiger partial charge on any atom is 0.222 e. The lowest BCUT2D eigenvalue weighted by atomic mass is 9.80. The highest BCUT2D eigenvalue weighted by molar-refractivity contribution is 7.69. The molecule has 0 N–H and O–H groups in total. The Morgan fingerprint density at radius 1 is 1.05 bits per heavy atom. The molecule has 7 heteroatoms. The van der Waals surface area contributed by atoms with E-state index in [2.05, 4.69) is 0 Å². The Balaban J connectivity index is 1.65. The van der Waals surface area contributed by atoms with Crippen molar-refractivity contribution in [3.05, 3.63) is 47.0 Å². The molecule has 1 unspecified atom stereocenters. The standard InChI is InChI=1S/C14H17BN2O3S/c15-13(10-4-2-1-3-5-10)14(18)16-6-11-8-17(21(19)20)9-12(11)7-16/h1-5,13,21H,6-9,15H2. The van der Waals surface area contributed by atoms with Crippen molar-refractivity contribution < 1.29 is 13.2 Å². The summed E-state index contributed by atoms with van der Waals surface area (Å²) in [6, 6.07) is 9.73. The Morgan fingerprint density at radius 2 is 1.62 bits per heavy atom. The van der Waals surface area contributed by atoms with E-state index >= 15 is 0 Å². The number of carbonyl (C=O) groups excluding carboxylic acids is 1. The van der Waals surface area contributed by atoms with Crippen molar-refractivity contribution in [1.82, 2.24) is 9.21 Å². The Hall–Kier alpha value is -1.60. The largest absolute Gasteiger partial charge is 0.335 e. The molecule has 1 amide bonds. The smallest absolute Gasteiger partial charge is 0.222 e. The van der Waals surface area contributed by atoms with Gasteiger partial charge in [-0.25, -0.2) is 8.42 Å². The molecule has 3 rings (SSSR count). The zero-order valence-corrected chi connectivity index (χ0v) is 12.8. The number of rotatable bonds is 3. The van der Waals surface area contributed by atoms with E-state index in [-0.39, 0.29) is 11.7 Å². The van der Waals surface area contributed by atoms with Crippen LogP contribution in [-0.4, -0.2) is 57.6 Å². The van der Waals surface area contributed by atoms with Gasteiger partial charge in [0.25, 0.3) is 0 Å². The number of nitrogens with zero attached hydrogens (tertiary/aromatic N) is 2. The van der Waals surface area contributed by atoms with Crippen molar-refractivity contribution in [2.45, 2.75) is 5.82 Å². The first-order valence-corrected chi connectivity index (χ1v) is 8.12. The van der Waals surface area contributed by atoms with E-state index < -0.39 is 10.9 Å². The summed E-state index contributed by atoms with van der Waals surface area (Å²) >= 11 is 0. The van der Waals surface area contributed by atoms with Gasteiger partial charge in [-0.1, -0.05) is 30.3 Å². The van der Waals surface area contributed by atoms with E-state index in [0.717, 1.165) is 16.7 Å². The summed E-state index contributed by atoms with van der Waals surface area (Å²) < 4.78 is 23.4. The summed E-state index contributed by atoms with van der Waals surface area (Å²) in [4.78, 5) is 14.4. The monoisotopic (exact) mass is 304 g/mol. The van der Waals surface area contributed by atoms with Crippen molar-refractivity contribution in [3.8, 4) is 0 Å². The molecule has 0 bridgehead atoms. The molecule has 110 valence electrons. The molecule has 5 nitrogen and oxygen atoms in total. The van der Waals surface area contributed by atoms with Crippen LogP contribution in [0.3, 0.4) is 0 Å². The van der Waals surface area contributed by atoms with Crippen molar-refractivity contribution in [3.63, 3.8) is 0 Å². The number of amides is 1. The van der Waals surface area contributed by atoms with Gasteiger partial charge in [0.2, 0.25) is 16.8 Å². The molecule has 2 aliphatic rings. The summed E-state index contributed by atoms with van der Waals surface area (Å²) in [6.45, 7) is 2.01. The number of hydrogen-bond donors (Lipinski definition) is 1. The molecule has 21 heavy (non-hydrogen) atoms. The Morgan fingerprint density at radius 3 is 2.14 bits per heavy atom. The zero-order chi connectivity index (χ0) is 15.0. The van der Waals surface area contributed by atoms with E-state index in [0.29, 0.717) is 26.2 Å². The molecule has 2 aliphatic heterocycles. The Bertz CT molecular complexity index is 646. The van der Waals surface area contributed by atoms with Crippen LogP contribution in [0.15, 0.2) is 41.5 Å². The highest BCUT2D eigenvalue weighted by Crippen LogP contribution is 2.27. The molecule has 1 atom stereocenters. The zero-order valence-electron chi connectivity index (χ0n) is 11.9. The van der Waals surface area contributed by atoms with Gasteiger partial charge in [-0.2, -0.15) is 4.31 Å². The number of benzene rings is 1. The first-order valence-electron chi connectivity index (χ1n) is 6.99. The van der Waals surface area contributed by atoms with Gasteiger partial charge in [-0.3, -0.25) is 4.79 Å². The van der Waals surface area contributed by atoms with Crippen LogP contribution in [0, 0.1) is 0 Å². The maximum absolute atomic E-state index is 12.6. The molecule has 0 spiro atoms. The van der Waals surface area contributed by atoms with Gasteiger partial charge in [0.05, 0.1) is 0 Å². The number of carbonyl (C=O) groups is 1.